The predicted molar refractivity (Wildman–Crippen MR) is 146 cm³/mol. The highest BCUT2D eigenvalue weighted by molar-refractivity contribution is 6.38. The smallest absolute Gasteiger partial charge is 0.251 e. The Balaban J connectivity index is 1.61. The summed E-state index contributed by atoms with van der Waals surface area (Å²) in [6.45, 7) is 14.2. The number of anilines is 1. The molecule has 0 atom stereocenters. The van der Waals surface area contributed by atoms with E-state index in [0.717, 1.165) is 43.4 Å². The molecule has 0 aliphatic rings. The minimum atomic E-state index is -0.328. The SMILES string of the molecule is CCCN(CC)CCCNC(=O)c1ccc2c(Cl)c(-c3nn(C(C)(C)C)c4ncnc(N)c34)[nH]c2c1. The zero-order valence-electron chi connectivity index (χ0n) is 21.7. The Labute approximate surface area is 216 Å². The van der Waals surface area contributed by atoms with Crippen LogP contribution in [0.15, 0.2) is 24.5 Å². The fourth-order valence-electron chi connectivity index (χ4n) is 4.44. The largest absolute Gasteiger partial charge is 0.383 e. The molecule has 4 aromatic rings. The summed E-state index contributed by atoms with van der Waals surface area (Å²) in [4.78, 5) is 27.2. The van der Waals surface area contributed by atoms with Gasteiger partial charge in [-0.2, -0.15) is 5.10 Å². The van der Waals surface area contributed by atoms with Gasteiger partial charge >= 0.3 is 0 Å². The van der Waals surface area contributed by atoms with Crippen LogP contribution in [0.25, 0.3) is 33.3 Å². The predicted octanol–water partition coefficient (Wildman–Crippen LogP) is 4.82. The van der Waals surface area contributed by atoms with Crippen molar-refractivity contribution in [3.05, 3.63) is 35.1 Å². The number of amides is 1. The molecule has 0 spiro atoms. The highest BCUT2D eigenvalue weighted by Crippen LogP contribution is 2.39. The van der Waals surface area contributed by atoms with E-state index < -0.39 is 0 Å². The number of benzene rings is 1. The molecule has 4 rings (SSSR count). The summed E-state index contributed by atoms with van der Waals surface area (Å²) in [6, 6.07) is 5.47. The Kier molecular flexibility index (Phi) is 7.51. The van der Waals surface area contributed by atoms with Crippen molar-refractivity contribution in [3.63, 3.8) is 0 Å². The number of halogens is 1. The zero-order valence-corrected chi connectivity index (χ0v) is 22.4. The number of hydrogen-bond acceptors (Lipinski definition) is 6. The number of carbonyl (C=O) groups is 1. The molecule has 0 saturated heterocycles. The second-order valence-corrected chi connectivity index (χ2v) is 10.4. The molecule has 3 aromatic heterocycles. The normalized spacial score (nSPS) is 12.2. The maximum atomic E-state index is 12.8. The average Bonchev–Trinajstić information content (AvgIpc) is 3.39. The number of nitrogens with one attached hydrogen (secondary N) is 2. The Morgan fingerprint density at radius 2 is 2.00 bits per heavy atom. The van der Waals surface area contributed by atoms with Crippen LogP contribution < -0.4 is 11.1 Å². The van der Waals surface area contributed by atoms with Gasteiger partial charge in [-0.05, 0) is 65.4 Å². The molecular formula is C26H35ClN8O. The van der Waals surface area contributed by atoms with Crippen LogP contribution in [-0.4, -0.2) is 61.7 Å². The maximum absolute atomic E-state index is 12.8. The second kappa shape index (κ2) is 10.4. The molecule has 10 heteroatoms. The first kappa shape index (κ1) is 25.9. The first-order chi connectivity index (χ1) is 17.2. The van der Waals surface area contributed by atoms with Crippen molar-refractivity contribution in [2.24, 2.45) is 0 Å². The number of nitrogens with two attached hydrogens (primary N) is 1. The standard InChI is InChI=1S/C26H35ClN8O/c1-6-12-34(7-2)13-8-11-29-25(36)16-9-10-17-18(14-16)32-22(20(17)27)21-19-23(28)30-15-31-24(19)35(33-21)26(3,4)5/h9-10,14-15,32H,6-8,11-13H2,1-5H3,(H,29,36)(H2,28,30,31). The van der Waals surface area contributed by atoms with Gasteiger partial charge in [0.1, 0.15) is 17.8 Å². The van der Waals surface area contributed by atoms with Crippen molar-refractivity contribution >= 4 is 45.3 Å². The van der Waals surface area contributed by atoms with Crippen LogP contribution in [-0.2, 0) is 5.54 Å². The van der Waals surface area contributed by atoms with E-state index in [4.69, 9.17) is 22.4 Å². The second-order valence-electron chi connectivity index (χ2n) is 10.0. The number of aromatic nitrogens is 5. The third-order valence-corrected chi connectivity index (χ3v) is 6.68. The van der Waals surface area contributed by atoms with Gasteiger partial charge in [0.15, 0.2) is 5.65 Å². The van der Waals surface area contributed by atoms with Gasteiger partial charge < -0.3 is 20.9 Å². The Morgan fingerprint density at radius 3 is 2.69 bits per heavy atom. The molecule has 9 nitrogen and oxygen atoms in total. The average molecular weight is 511 g/mol. The number of nitrogens with zero attached hydrogens (tertiary/aromatic N) is 5. The number of nitrogen functional groups attached to an aromatic ring is 1. The number of hydrogen-bond donors (Lipinski definition) is 3. The highest BCUT2D eigenvalue weighted by atomic mass is 35.5. The molecule has 0 fully saturated rings. The van der Waals surface area contributed by atoms with E-state index in [-0.39, 0.29) is 11.4 Å². The number of H-pyrrole nitrogens is 1. The molecule has 0 aliphatic carbocycles. The summed E-state index contributed by atoms with van der Waals surface area (Å²) in [6.07, 6.45) is 3.48. The number of aromatic amines is 1. The van der Waals surface area contributed by atoms with Gasteiger partial charge in [-0.1, -0.05) is 31.5 Å². The molecule has 4 N–H and O–H groups in total. The van der Waals surface area contributed by atoms with Crippen molar-refractivity contribution < 1.29 is 4.79 Å². The van der Waals surface area contributed by atoms with Gasteiger partial charge in [0.25, 0.3) is 5.91 Å². The van der Waals surface area contributed by atoms with E-state index >= 15 is 0 Å². The van der Waals surface area contributed by atoms with E-state index in [1.54, 1.807) is 6.07 Å². The molecule has 0 aliphatic heterocycles. The Morgan fingerprint density at radius 1 is 1.22 bits per heavy atom. The van der Waals surface area contributed by atoms with Crippen LogP contribution >= 0.6 is 11.6 Å². The van der Waals surface area contributed by atoms with Crippen LogP contribution in [0, 0.1) is 0 Å². The van der Waals surface area contributed by atoms with Gasteiger partial charge in [-0.25, -0.2) is 14.6 Å². The zero-order chi connectivity index (χ0) is 26.0. The lowest BCUT2D eigenvalue weighted by molar-refractivity contribution is 0.0952. The maximum Gasteiger partial charge on any atom is 0.251 e. The van der Waals surface area contributed by atoms with E-state index in [2.05, 4.69) is 39.0 Å². The fraction of sp³-hybridized carbons (Fsp3) is 0.462. The molecule has 192 valence electrons. The van der Waals surface area contributed by atoms with Gasteiger partial charge in [-0.3, -0.25) is 4.79 Å². The van der Waals surface area contributed by atoms with Crippen LogP contribution in [0.5, 0.6) is 0 Å². The third kappa shape index (κ3) is 5.03. The quantitative estimate of drug-likeness (QED) is 0.278. The van der Waals surface area contributed by atoms with Crippen molar-refractivity contribution in [3.8, 4) is 11.4 Å². The number of fused-ring (bicyclic) bond motifs is 2. The van der Waals surface area contributed by atoms with Crippen molar-refractivity contribution in [2.75, 3.05) is 31.9 Å². The number of carbonyl (C=O) groups excluding carboxylic acids is 1. The molecule has 36 heavy (non-hydrogen) atoms. The van der Waals surface area contributed by atoms with Gasteiger partial charge in [0.2, 0.25) is 0 Å². The molecule has 0 unspecified atom stereocenters. The summed E-state index contributed by atoms with van der Waals surface area (Å²) >= 11 is 6.80. The molecule has 0 radical (unpaired) electrons. The summed E-state index contributed by atoms with van der Waals surface area (Å²) in [5.41, 5.74) is 9.07. The van der Waals surface area contributed by atoms with Crippen LogP contribution in [0.2, 0.25) is 5.02 Å². The first-order valence-corrected chi connectivity index (χ1v) is 12.8. The van der Waals surface area contributed by atoms with E-state index in [1.165, 1.54) is 6.33 Å². The lowest BCUT2D eigenvalue weighted by Crippen LogP contribution is -2.30. The van der Waals surface area contributed by atoms with Crippen molar-refractivity contribution in [1.82, 2.24) is 34.9 Å². The molecule has 0 saturated carbocycles. The topological polar surface area (TPSA) is 118 Å². The van der Waals surface area contributed by atoms with Crippen LogP contribution in [0.3, 0.4) is 0 Å². The monoisotopic (exact) mass is 510 g/mol. The Hall–Kier alpha value is -3.17. The van der Waals surface area contributed by atoms with Gasteiger partial charge in [0, 0.05) is 23.0 Å². The molecule has 1 amide bonds. The molecule has 0 bridgehead atoms. The minimum Gasteiger partial charge on any atom is -0.383 e. The highest BCUT2D eigenvalue weighted by Gasteiger charge is 2.26. The van der Waals surface area contributed by atoms with Crippen molar-refractivity contribution in [2.45, 2.75) is 53.0 Å². The van der Waals surface area contributed by atoms with Crippen LogP contribution in [0.1, 0.15) is 57.8 Å². The minimum absolute atomic E-state index is 0.109. The molecule has 1 aromatic carbocycles. The summed E-state index contributed by atoms with van der Waals surface area (Å²) < 4.78 is 1.83. The lowest BCUT2D eigenvalue weighted by atomic mass is 10.1. The summed E-state index contributed by atoms with van der Waals surface area (Å²) in [5.74, 6) is 0.226. The first-order valence-electron chi connectivity index (χ1n) is 12.5. The molecule has 3 heterocycles. The van der Waals surface area contributed by atoms with Crippen molar-refractivity contribution in [1.29, 1.82) is 0 Å². The lowest BCUT2D eigenvalue weighted by Gasteiger charge is -2.19. The fourth-order valence-corrected chi connectivity index (χ4v) is 4.74. The Bertz CT molecular complexity index is 1380. The summed E-state index contributed by atoms with van der Waals surface area (Å²) in [5, 5.41) is 9.81. The summed E-state index contributed by atoms with van der Waals surface area (Å²) in [7, 11) is 0. The number of rotatable bonds is 9. The van der Waals surface area contributed by atoms with Gasteiger partial charge in [0.05, 0.1) is 21.6 Å². The molecular weight excluding hydrogens is 476 g/mol. The van der Waals surface area contributed by atoms with Crippen LogP contribution in [0.4, 0.5) is 5.82 Å². The third-order valence-electron chi connectivity index (χ3n) is 6.29. The van der Waals surface area contributed by atoms with Gasteiger partial charge in [-0.15, -0.1) is 0 Å². The van der Waals surface area contributed by atoms with E-state index in [0.29, 0.717) is 45.4 Å². The van der Waals surface area contributed by atoms with E-state index in [9.17, 15) is 4.79 Å². The van der Waals surface area contributed by atoms with E-state index in [1.807, 2.05) is 37.6 Å².